The SMILES string of the molecule is O=C(CCNS(=O)(=O)c1ccc2c(c1)OCCCO2)OCC(=O)C12CC3CC(CC(C3)C1)C2. The number of carbonyl (C=O) groups is 2. The Kier molecular flexibility index (Phi) is 6.11. The number of esters is 1. The van der Waals surface area contributed by atoms with Crippen LogP contribution < -0.4 is 14.2 Å². The van der Waals surface area contributed by atoms with Gasteiger partial charge in [0, 0.05) is 24.4 Å². The van der Waals surface area contributed by atoms with Gasteiger partial charge in [0.25, 0.3) is 0 Å². The number of nitrogens with one attached hydrogen (secondary N) is 1. The molecule has 1 aromatic rings. The van der Waals surface area contributed by atoms with Crippen molar-refractivity contribution in [2.75, 3.05) is 26.4 Å². The molecular weight excluding hydrogens is 446 g/mol. The molecule has 0 aromatic heterocycles. The fraction of sp³-hybridized carbons (Fsp3) is 0.667. The lowest BCUT2D eigenvalue weighted by molar-refractivity contribution is -0.157. The summed E-state index contributed by atoms with van der Waals surface area (Å²) < 4.78 is 43.9. The van der Waals surface area contributed by atoms with E-state index in [0.29, 0.717) is 42.5 Å². The minimum Gasteiger partial charge on any atom is -0.490 e. The summed E-state index contributed by atoms with van der Waals surface area (Å²) in [5.74, 6) is 2.31. The molecule has 4 bridgehead atoms. The van der Waals surface area contributed by atoms with Gasteiger partial charge in [0.2, 0.25) is 10.0 Å². The monoisotopic (exact) mass is 477 g/mol. The maximum atomic E-state index is 13.0. The van der Waals surface area contributed by atoms with E-state index in [9.17, 15) is 18.0 Å². The Morgan fingerprint density at radius 2 is 1.64 bits per heavy atom. The molecule has 1 heterocycles. The largest absolute Gasteiger partial charge is 0.490 e. The average molecular weight is 478 g/mol. The van der Waals surface area contributed by atoms with E-state index in [1.807, 2.05) is 0 Å². The molecule has 5 aliphatic rings. The topological polar surface area (TPSA) is 108 Å². The van der Waals surface area contributed by atoms with Gasteiger partial charge in [0.05, 0.1) is 24.5 Å². The van der Waals surface area contributed by atoms with Crippen LogP contribution >= 0.6 is 0 Å². The first kappa shape index (κ1) is 22.7. The Bertz CT molecular complexity index is 1000. The van der Waals surface area contributed by atoms with E-state index in [4.69, 9.17) is 14.2 Å². The molecule has 0 radical (unpaired) electrons. The summed E-state index contributed by atoms with van der Waals surface area (Å²) in [7, 11) is -3.82. The first-order chi connectivity index (χ1) is 15.8. The van der Waals surface area contributed by atoms with Crippen molar-refractivity contribution in [1.82, 2.24) is 4.72 Å². The third-order valence-electron chi connectivity index (χ3n) is 7.64. The molecule has 4 aliphatic carbocycles. The Labute approximate surface area is 194 Å². The van der Waals surface area contributed by atoms with E-state index in [1.54, 1.807) is 6.07 Å². The van der Waals surface area contributed by atoms with Crippen molar-refractivity contribution in [3.8, 4) is 11.5 Å². The van der Waals surface area contributed by atoms with Crippen molar-refractivity contribution in [3.05, 3.63) is 18.2 Å². The number of sulfonamides is 1. The van der Waals surface area contributed by atoms with E-state index in [-0.39, 0.29) is 35.7 Å². The van der Waals surface area contributed by atoms with Crippen molar-refractivity contribution in [3.63, 3.8) is 0 Å². The molecule has 0 atom stereocenters. The van der Waals surface area contributed by atoms with Gasteiger partial charge >= 0.3 is 5.97 Å². The smallest absolute Gasteiger partial charge is 0.307 e. The number of rotatable bonds is 8. The van der Waals surface area contributed by atoms with Crippen LogP contribution in [-0.4, -0.2) is 46.5 Å². The number of hydrogen-bond acceptors (Lipinski definition) is 7. The summed E-state index contributed by atoms with van der Waals surface area (Å²) in [6.45, 7) is 0.656. The van der Waals surface area contributed by atoms with Gasteiger partial charge in [-0.3, -0.25) is 9.59 Å². The molecule has 0 spiro atoms. The average Bonchev–Trinajstić information content (AvgIpc) is 3.01. The standard InChI is InChI=1S/C24H31NO7S/c26-22(24-12-16-8-17(13-24)10-18(9-16)14-24)15-32-23(27)4-5-25-33(28,29)19-2-3-20-21(11-19)31-7-1-6-30-20/h2-3,11,16-18,25H,1,4-10,12-15H2. The quantitative estimate of drug-likeness (QED) is 0.574. The molecule has 8 nitrogen and oxygen atoms in total. The van der Waals surface area contributed by atoms with Crippen molar-refractivity contribution in [2.45, 2.75) is 56.3 Å². The summed E-state index contributed by atoms with van der Waals surface area (Å²) in [6, 6.07) is 4.43. The van der Waals surface area contributed by atoms with Gasteiger partial charge in [-0.1, -0.05) is 0 Å². The van der Waals surface area contributed by atoms with Crippen LogP contribution in [0.4, 0.5) is 0 Å². The number of Topliss-reactive ketones (excluding diaryl/α,β-unsaturated/α-hetero) is 1. The minimum atomic E-state index is -3.82. The Morgan fingerprint density at radius 3 is 2.30 bits per heavy atom. The van der Waals surface area contributed by atoms with Crippen molar-refractivity contribution >= 4 is 21.8 Å². The zero-order valence-electron chi connectivity index (χ0n) is 18.7. The van der Waals surface area contributed by atoms with E-state index in [2.05, 4.69) is 4.72 Å². The second-order valence-corrected chi connectivity index (χ2v) is 11.9. The first-order valence-electron chi connectivity index (χ1n) is 11.9. The lowest BCUT2D eigenvalue weighted by atomic mass is 9.48. The van der Waals surface area contributed by atoms with Crippen LogP contribution in [0.2, 0.25) is 0 Å². The summed E-state index contributed by atoms with van der Waals surface area (Å²) in [4.78, 5) is 25.2. The van der Waals surface area contributed by atoms with E-state index < -0.39 is 16.0 Å². The molecule has 4 saturated carbocycles. The highest BCUT2D eigenvalue weighted by Crippen LogP contribution is 2.60. The summed E-state index contributed by atoms with van der Waals surface area (Å²) in [5, 5.41) is 0. The first-order valence-corrected chi connectivity index (χ1v) is 13.4. The zero-order valence-corrected chi connectivity index (χ0v) is 19.5. The Hall–Kier alpha value is -2.13. The number of benzene rings is 1. The second kappa shape index (κ2) is 8.91. The minimum absolute atomic E-state index is 0.0390. The lowest BCUT2D eigenvalue weighted by Gasteiger charge is -2.55. The number of carbonyl (C=O) groups excluding carboxylic acids is 2. The molecule has 1 aromatic carbocycles. The van der Waals surface area contributed by atoms with Crippen LogP contribution in [0.25, 0.3) is 0 Å². The van der Waals surface area contributed by atoms with Gasteiger partial charge in [-0.25, -0.2) is 13.1 Å². The maximum Gasteiger partial charge on any atom is 0.307 e. The molecule has 0 amide bonds. The number of ether oxygens (including phenoxy) is 3. The van der Waals surface area contributed by atoms with E-state index in [0.717, 1.165) is 25.7 Å². The van der Waals surface area contributed by atoms with Crippen LogP contribution in [-0.2, 0) is 24.3 Å². The van der Waals surface area contributed by atoms with Gasteiger partial charge in [-0.05, 0) is 68.4 Å². The molecule has 0 unspecified atom stereocenters. The highest BCUT2D eigenvalue weighted by atomic mass is 32.2. The van der Waals surface area contributed by atoms with Gasteiger partial charge in [-0.15, -0.1) is 0 Å². The van der Waals surface area contributed by atoms with Crippen molar-refractivity contribution < 1.29 is 32.2 Å². The summed E-state index contributed by atoms with van der Waals surface area (Å²) in [6.07, 6.45) is 7.13. The van der Waals surface area contributed by atoms with E-state index >= 15 is 0 Å². The fourth-order valence-electron chi connectivity index (χ4n) is 6.51. The number of fused-ring (bicyclic) bond motifs is 1. The van der Waals surface area contributed by atoms with Crippen molar-refractivity contribution in [1.29, 1.82) is 0 Å². The highest BCUT2D eigenvalue weighted by Gasteiger charge is 2.54. The molecule has 1 aliphatic heterocycles. The molecule has 6 rings (SSSR count). The summed E-state index contributed by atoms with van der Waals surface area (Å²) >= 11 is 0. The zero-order chi connectivity index (χ0) is 23.1. The normalized spacial score (nSPS) is 30.0. The molecular formula is C24H31NO7S. The molecule has 4 fully saturated rings. The van der Waals surface area contributed by atoms with Crippen molar-refractivity contribution in [2.24, 2.45) is 23.2 Å². The number of hydrogen-bond donors (Lipinski definition) is 1. The van der Waals surface area contributed by atoms with Gasteiger partial charge < -0.3 is 14.2 Å². The van der Waals surface area contributed by atoms with Crippen LogP contribution in [0.3, 0.4) is 0 Å². The highest BCUT2D eigenvalue weighted by molar-refractivity contribution is 7.89. The van der Waals surface area contributed by atoms with Gasteiger partial charge in [0.15, 0.2) is 23.9 Å². The third-order valence-corrected chi connectivity index (χ3v) is 9.10. The molecule has 180 valence electrons. The molecule has 0 saturated heterocycles. The molecule has 9 heteroatoms. The van der Waals surface area contributed by atoms with Gasteiger partial charge in [-0.2, -0.15) is 0 Å². The lowest BCUT2D eigenvalue weighted by Crippen LogP contribution is -2.51. The Balaban J connectivity index is 1.10. The maximum absolute atomic E-state index is 13.0. The molecule has 33 heavy (non-hydrogen) atoms. The second-order valence-electron chi connectivity index (χ2n) is 10.1. The van der Waals surface area contributed by atoms with Crippen LogP contribution in [0.1, 0.15) is 51.4 Å². The van der Waals surface area contributed by atoms with E-state index in [1.165, 1.54) is 31.4 Å². The third kappa shape index (κ3) is 4.75. The predicted molar refractivity (Wildman–Crippen MR) is 118 cm³/mol. The molecule has 1 N–H and O–H groups in total. The van der Waals surface area contributed by atoms with Crippen LogP contribution in [0.15, 0.2) is 23.1 Å². The van der Waals surface area contributed by atoms with Gasteiger partial charge in [0.1, 0.15) is 0 Å². The number of ketones is 1. The van der Waals surface area contributed by atoms with Crippen LogP contribution in [0.5, 0.6) is 11.5 Å². The van der Waals surface area contributed by atoms with Crippen LogP contribution in [0, 0.1) is 23.2 Å². The Morgan fingerprint density at radius 1 is 1.00 bits per heavy atom. The summed E-state index contributed by atoms with van der Waals surface area (Å²) in [5.41, 5.74) is -0.298. The predicted octanol–water partition coefficient (Wildman–Crippen LogP) is 2.85. The fourth-order valence-corrected chi connectivity index (χ4v) is 7.55.